The number of rotatable bonds is 8. The second-order valence-electron chi connectivity index (χ2n) is 11.8. The molecular weight excluding hydrogens is 518 g/mol. The van der Waals surface area contributed by atoms with E-state index in [0.717, 1.165) is 75.9 Å². The van der Waals surface area contributed by atoms with Crippen LogP contribution in [0, 0.1) is 16.7 Å². The largest absolute Gasteiger partial charge is 0.393 e. The number of anilines is 3. The number of benzene rings is 1. The summed E-state index contributed by atoms with van der Waals surface area (Å²) >= 11 is 1.57. The van der Waals surface area contributed by atoms with Crippen LogP contribution >= 0.6 is 11.3 Å². The maximum atomic E-state index is 9.91. The minimum Gasteiger partial charge on any atom is -0.393 e. The second-order valence-corrected chi connectivity index (χ2v) is 12.8. The third-order valence-corrected chi connectivity index (χ3v) is 8.60. The normalized spacial score (nSPS) is 18.3. The highest BCUT2D eigenvalue weighted by molar-refractivity contribution is 7.22. The number of hydrogen-bond donors (Lipinski definition) is 4. The van der Waals surface area contributed by atoms with Crippen LogP contribution in [0.15, 0.2) is 48.8 Å². The van der Waals surface area contributed by atoms with E-state index in [4.69, 9.17) is 9.97 Å². The third kappa shape index (κ3) is 6.94. The first-order chi connectivity index (χ1) is 19.2. The molecule has 3 aromatic heterocycles. The number of aromatic nitrogens is 3. The monoisotopic (exact) mass is 555 g/mol. The van der Waals surface area contributed by atoms with Crippen LogP contribution in [0.25, 0.3) is 21.3 Å². The van der Waals surface area contributed by atoms with Crippen LogP contribution < -0.4 is 16.0 Å². The van der Waals surface area contributed by atoms with Gasteiger partial charge in [0, 0.05) is 36.6 Å². The van der Waals surface area contributed by atoms with Crippen molar-refractivity contribution >= 4 is 38.3 Å². The number of aliphatic hydroxyl groups excluding tert-OH is 1. The average Bonchev–Trinajstić information content (AvgIpc) is 3.33. The molecule has 0 radical (unpaired) electrons. The number of nitrogens with one attached hydrogen (secondary N) is 3. The lowest BCUT2D eigenvalue weighted by Crippen LogP contribution is -2.37. The lowest BCUT2D eigenvalue weighted by atomic mass is 9.88. The molecule has 1 unspecified atom stereocenters. The van der Waals surface area contributed by atoms with Crippen LogP contribution in [0.1, 0.15) is 64.5 Å². The molecule has 1 aliphatic carbocycles. The molecule has 0 amide bonds. The Morgan fingerprint density at radius 3 is 2.55 bits per heavy atom. The van der Waals surface area contributed by atoms with Crippen LogP contribution in [0.5, 0.6) is 0 Å². The summed E-state index contributed by atoms with van der Waals surface area (Å²) in [7, 11) is 0. The summed E-state index contributed by atoms with van der Waals surface area (Å²) in [5.41, 5.74) is 4.63. The summed E-state index contributed by atoms with van der Waals surface area (Å²) < 4.78 is 1.04. The van der Waals surface area contributed by atoms with E-state index in [1.54, 1.807) is 23.7 Å². The summed E-state index contributed by atoms with van der Waals surface area (Å²) in [6, 6.07) is 14.9. The number of thiazole rings is 1. The summed E-state index contributed by atoms with van der Waals surface area (Å²) in [5.74, 6) is 1.58. The molecule has 3 heterocycles. The fourth-order valence-corrected chi connectivity index (χ4v) is 5.67. The van der Waals surface area contributed by atoms with E-state index in [1.807, 2.05) is 18.2 Å². The Morgan fingerprint density at radius 2 is 1.80 bits per heavy atom. The number of aliphatic hydroxyl groups is 1. The Kier molecular flexibility index (Phi) is 8.31. The molecule has 4 N–H and O–H groups in total. The van der Waals surface area contributed by atoms with Crippen molar-refractivity contribution in [1.82, 2.24) is 20.3 Å². The number of nitrogens with zero attached hydrogens (tertiary/aromatic N) is 4. The van der Waals surface area contributed by atoms with Gasteiger partial charge in [-0.3, -0.25) is 4.98 Å². The minimum absolute atomic E-state index is 0.157. The van der Waals surface area contributed by atoms with E-state index in [2.05, 4.69) is 72.9 Å². The summed E-state index contributed by atoms with van der Waals surface area (Å²) in [5, 5.41) is 30.6. The molecule has 0 bridgehead atoms. The molecule has 5 rings (SSSR count). The summed E-state index contributed by atoms with van der Waals surface area (Å²) in [6.07, 6.45) is 6.65. The molecule has 0 spiro atoms. The first-order valence-electron chi connectivity index (χ1n) is 13.9. The van der Waals surface area contributed by atoms with E-state index >= 15 is 0 Å². The Morgan fingerprint density at radius 1 is 1.02 bits per heavy atom. The second kappa shape index (κ2) is 11.9. The van der Waals surface area contributed by atoms with Gasteiger partial charge in [0.25, 0.3) is 0 Å². The Labute approximate surface area is 239 Å². The maximum absolute atomic E-state index is 9.91. The molecule has 1 fully saturated rings. The highest BCUT2D eigenvalue weighted by Crippen LogP contribution is 2.32. The van der Waals surface area contributed by atoms with E-state index in [0.29, 0.717) is 17.6 Å². The first kappa shape index (κ1) is 28.0. The molecule has 0 saturated heterocycles. The number of fused-ring (bicyclic) bond motifs is 1. The fourth-order valence-electron chi connectivity index (χ4n) is 4.76. The Bertz CT molecular complexity index is 1510. The molecule has 40 heavy (non-hydrogen) atoms. The van der Waals surface area contributed by atoms with Gasteiger partial charge >= 0.3 is 0 Å². The van der Waals surface area contributed by atoms with Gasteiger partial charge in [-0.1, -0.05) is 38.2 Å². The average molecular weight is 556 g/mol. The van der Waals surface area contributed by atoms with Crippen molar-refractivity contribution in [3.63, 3.8) is 0 Å². The highest BCUT2D eigenvalue weighted by atomic mass is 32.1. The van der Waals surface area contributed by atoms with Gasteiger partial charge in [0.1, 0.15) is 17.7 Å². The zero-order valence-electron chi connectivity index (χ0n) is 23.5. The van der Waals surface area contributed by atoms with Gasteiger partial charge in [-0.2, -0.15) is 5.26 Å². The molecule has 1 saturated carbocycles. The van der Waals surface area contributed by atoms with Gasteiger partial charge in [-0.25, -0.2) is 9.97 Å². The van der Waals surface area contributed by atoms with Gasteiger partial charge in [0.15, 0.2) is 5.13 Å². The van der Waals surface area contributed by atoms with Crippen molar-refractivity contribution < 1.29 is 5.11 Å². The molecular formula is C31H37N7OS. The molecule has 0 aliphatic heterocycles. The van der Waals surface area contributed by atoms with Crippen molar-refractivity contribution in [2.75, 3.05) is 10.6 Å². The van der Waals surface area contributed by atoms with E-state index < -0.39 is 0 Å². The van der Waals surface area contributed by atoms with Crippen LogP contribution in [0.4, 0.5) is 16.8 Å². The predicted octanol–water partition coefficient (Wildman–Crippen LogP) is 6.61. The maximum Gasteiger partial charge on any atom is 0.189 e. The van der Waals surface area contributed by atoms with E-state index in [-0.39, 0.29) is 11.5 Å². The summed E-state index contributed by atoms with van der Waals surface area (Å²) in [6.45, 7) is 9.67. The third-order valence-electron chi connectivity index (χ3n) is 7.67. The molecule has 1 atom stereocenters. The van der Waals surface area contributed by atoms with Crippen molar-refractivity contribution in [1.29, 1.82) is 5.26 Å². The fraction of sp³-hybridized carbons (Fsp3) is 0.419. The summed E-state index contributed by atoms with van der Waals surface area (Å²) in [4.78, 5) is 13.9. The van der Waals surface area contributed by atoms with E-state index in [9.17, 15) is 10.4 Å². The Balaban J connectivity index is 1.38. The van der Waals surface area contributed by atoms with Gasteiger partial charge in [-0.15, -0.1) is 0 Å². The molecule has 4 aromatic rings. The van der Waals surface area contributed by atoms with E-state index in [1.165, 1.54) is 0 Å². The Hall–Kier alpha value is -3.58. The molecule has 8 nitrogen and oxygen atoms in total. The van der Waals surface area contributed by atoms with Gasteiger partial charge < -0.3 is 21.1 Å². The molecule has 9 heteroatoms. The molecule has 208 valence electrons. The van der Waals surface area contributed by atoms with Gasteiger partial charge in [0.05, 0.1) is 21.9 Å². The van der Waals surface area contributed by atoms with Crippen LogP contribution in [-0.2, 0) is 6.54 Å². The van der Waals surface area contributed by atoms with Crippen molar-refractivity contribution in [2.24, 2.45) is 5.41 Å². The van der Waals surface area contributed by atoms with Crippen molar-refractivity contribution in [2.45, 2.75) is 78.1 Å². The zero-order valence-corrected chi connectivity index (χ0v) is 24.3. The van der Waals surface area contributed by atoms with Crippen molar-refractivity contribution in [3.8, 4) is 17.2 Å². The van der Waals surface area contributed by atoms with Crippen LogP contribution in [-0.4, -0.2) is 38.2 Å². The first-order valence-corrected chi connectivity index (χ1v) is 14.7. The lowest BCUT2D eigenvalue weighted by Gasteiger charge is -2.29. The lowest BCUT2D eigenvalue weighted by molar-refractivity contribution is 0.126. The van der Waals surface area contributed by atoms with Crippen LogP contribution in [0.2, 0.25) is 0 Å². The van der Waals surface area contributed by atoms with Crippen LogP contribution in [0.3, 0.4) is 0 Å². The zero-order chi connectivity index (χ0) is 28.3. The molecule has 1 aliphatic rings. The highest BCUT2D eigenvalue weighted by Gasteiger charge is 2.21. The number of hydrogen-bond acceptors (Lipinski definition) is 9. The van der Waals surface area contributed by atoms with Crippen molar-refractivity contribution in [3.05, 3.63) is 59.9 Å². The minimum atomic E-state index is -0.191. The van der Waals surface area contributed by atoms with Gasteiger partial charge in [0.2, 0.25) is 0 Å². The SMILES string of the molecule is CC(NCc1cc(Nc2nc3ccc(-c4cncc(C#N)c4)cc3s2)nc(NC2CCC(O)CC2)c1)C(C)(C)C. The smallest absolute Gasteiger partial charge is 0.189 e. The topological polar surface area (TPSA) is 119 Å². The standard InChI is InChI=1S/C31H37N7OS/c1-19(31(2,3)4)34-17-20-12-28(35-24-6-8-25(39)9-7-24)37-29(13-20)38-30-36-26-10-5-22(14-27(26)40-30)23-11-21(15-32)16-33-18-23/h5,10-14,16,18-19,24-25,34,39H,6-9,17H2,1-4H3,(H2,35,36,37,38). The molecule has 1 aromatic carbocycles. The van der Waals surface area contributed by atoms with Gasteiger partial charge in [-0.05, 0) is 79.5 Å². The number of pyridine rings is 2. The quantitative estimate of drug-likeness (QED) is 0.192. The predicted molar refractivity (Wildman–Crippen MR) is 163 cm³/mol. The number of nitriles is 1.